The van der Waals surface area contributed by atoms with Crippen LogP contribution in [0.3, 0.4) is 0 Å². The lowest BCUT2D eigenvalue weighted by Gasteiger charge is -2.43. The second-order valence-corrected chi connectivity index (χ2v) is 5.93. The molecule has 0 radical (unpaired) electrons. The summed E-state index contributed by atoms with van der Waals surface area (Å²) in [6.07, 6.45) is 1.01. The summed E-state index contributed by atoms with van der Waals surface area (Å²) in [7, 11) is 3.21. The molecule has 0 aromatic rings. The molecule has 1 rings (SSSR count). The molecule has 0 saturated carbocycles. The molecule has 0 spiro atoms. The van der Waals surface area contributed by atoms with E-state index in [4.69, 9.17) is 4.74 Å². The fourth-order valence-electron chi connectivity index (χ4n) is 2.26. The van der Waals surface area contributed by atoms with E-state index in [1.807, 2.05) is 20.8 Å². The first-order chi connectivity index (χ1) is 8.73. The number of hydrogen-bond donors (Lipinski definition) is 2. The Morgan fingerprint density at radius 2 is 2.00 bits per heavy atom. The molecule has 110 valence electrons. The maximum absolute atomic E-state index is 12.2. The lowest BCUT2D eigenvalue weighted by Crippen LogP contribution is -2.65. The Kier molecular flexibility index (Phi) is 4.79. The van der Waals surface area contributed by atoms with Gasteiger partial charge in [0, 0.05) is 20.6 Å². The van der Waals surface area contributed by atoms with Gasteiger partial charge in [-0.3, -0.25) is 9.69 Å². The summed E-state index contributed by atoms with van der Waals surface area (Å²) in [4.78, 5) is 25.8. The first kappa shape index (κ1) is 15.8. The van der Waals surface area contributed by atoms with Crippen LogP contribution in [0.2, 0.25) is 0 Å². The summed E-state index contributed by atoms with van der Waals surface area (Å²) in [6, 6.07) is 0. The molecule has 0 aliphatic carbocycles. The van der Waals surface area contributed by atoms with Crippen LogP contribution in [-0.4, -0.2) is 55.2 Å². The molecule has 1 aliphatic heterocycles. The van der Waals surface area contributed by atoms with E-state index in [9.17, 15) is 9.59 Å². The number of nitrogens with zero attached hydrogens (tertiary/aromatic N) is 1. The Morgan fingerprint density at radius 1 is 1.37 bits per heavy atom. The minimum Gasteiger partial charge on any atom is -0.444 e. The van der Waals surface area contributed by atoms with E-state index >= 15 is 0 Å². The summed E-state index contributed by atoms with van der Waals surface area (Å²) >= 11 is 0. The van der Waals surface area contributed by atoms with Crippen molar-refractivity contribution in [3.8, 4) is 0 Å². The number of likely N-dealkylation sites (N-methyl/N-ethyl adjacent to an activating group) is 2. The van der Waals surface area contributed by atoms with Gasteiger partial charge in [-0.2, -0.15) is 0 Å². The van der Waals surface area contributed by atoms with Gasteiger partial charge < -0.3 is 15.4 Å². The maximum Gasteiger partial charge on any atom is 0.410 e. The third-order valence-electron chi connectivity index (χ3n) is 3.32. The van der Waals surface area contributed by atoms with Crippen LogP contribution in [-0.2, 0) is 9.53 Å². The first-order valence-corrected chi connectivity index (χ1v) is 6.63. The van der Waals surface area contributed by atoms with E-state index in [-0.39, 0.29) is 5.91 Å². The zero-order valence-corrected chi connectivity index (χ0v) is 12.5. The van der Waals surface area contributed by atoms with Gasteiger partial charge in [-0.15, -0.1) is 0 Å². The average Bonchev–Trinajstić information content (AvgIpc) is 2.35. The smallest absolute Gasteiger partial charge is 0.410 e. The fourth-order valence-corrected chi connectivity index (χ4v) is 2.26. The van der Waals surface area contributed by atoms with E-state index in [1.165, 1.54) is 4.90 Å². The van der Waals surface area contributed by atoms with E-state index in [2.05, 4.69) is 10.6 Å². The van der Waals surface area contributed by atoms with Crippen molar-refractivity contribution in [1.29, 1.82) is 0 Å². The third-order valence-corrected chi connectivity index (χ3v) is 3.32. The highest BCUT2D eigenvalue weighted by Crippen LogP contribution is 2.25. The van der Waals surface area contributed by atoms with E-state index in [0.29, 0.717) is 13.0 Å². The molecule has 1 unspecified atom stereocenters. The number of piperidine rings is 1. The second kappa shape index (κ2) is 5.77. The topological polar surface area (TPSA) is 70.7 Å². The molecule has 0 aromatic heterocycles. The second-order valence-electron chi connectivity index (χ2n) is 5.93. The summed E-state index contributed by atoms with van der Waals surface area (Å²) in [6.45, 7) is 6.74. The Hall–Kier alpha value is -1.30. The molecule has 1 fully saturated rings. The van der Waals surface area contributed by atoms with Crippen LogP contribution < -0.4 is 10.6 Å². The van der Waals surface area contributed by atoms with Gasteiger partial charge in [0.1, 0.15) is 11.1 Å². The van der Waals surface area contributed by atoms with Crippen molar-refractivity contribution in [3.63, 3.8) is 0 Å². The molecule has 1 atom stereocenters. The van der Waals surface area contributed by atoms with Crippen LogP contribution in [0.4, 0.5) is 4.79 Å². The van der Waals surface area contributed by atoms with Crippen LogP contribution in [0.1, 0.15) is 33.6 Å². The van der Waals surface area contributed by atoms with E-state index in [0.717, 1.165) is 13.0 Å². The maximum atomic E-state index is 12.2. The van der Waals surface area contributed by atoms with Gasteiger partial charge in [-0.1, -0.05) is 0 Å². The highest BCUT2D eigenvalue weighted by atomic mass is 16.6. The molecule has 1 heterocycles. The molecule has 6 heteroatoms. The Balaban J connectivity index is 2.91. The van der Waals surface area contributed by atoms with Crippen LogP contribution in [0, 0.1) is 0 Å². The van der Waals surface area contributed by atoms with Gasteiger partial charge in [0.05, 0.1) is 0 Å². The normalized spacial score (nSPS) is 23.6. The third kappa shape index (κ3) is 3.59. The summed E-state index contributed by atoms with van der Waals surface area (Å²) < 4.78 is 5.35. The van der Waals surface area contributed by atoms with Crippen molar-refractivity contribution >= 4 is 12.0 Å². The number of carbonyl (C=O) groups is 2. The lowest BCUT2D eigenvalue weighted by atomic mass is 9.87. The largest absolute Gasteiger partial charge is 0.444 e. The molecule has 2 N–H and O–H groups in total. The SMILES string of the molecule is CNC(=O)C1(N(C)C(=O)OC(C)(C)C)CCCNC1. The monoisotopic (exact) mass is 271 g/mol. The van der Waals surface area contributed by atoms with Gasteiger partial charge in [-0.05, 0) is 40.2 Å². The predicted molar refractivity (Wildman–Crippen MR) is 72.9 cm³/mol. The Bertz CT molecular complexity index is 344. The lowest BCUT2D eigenvalue weighted by molar-refractivity contribution is -0.133. The van der Waals surface area contributed by atoms with Crippen molar-refractivity contribution in [2.45, 2.75) is 44.8 Å². The highest BCUT2D eigenvalue weighted by molar-refractivity contribution is 5.90. The zero-order chi connectivity index (χ0) is 14.7. The van der Waals surface area contributed by atoms with Gasteiger partial charge in [0.25, 0.3) is 0 Å². The molecule has 2 amide bonds. The first-order valence-electron chi connectivity index (χ1n) is 6.63. The van der Waals surface area contributed by atoms with Crippen LogP contribution in [0.15, 0.2) is 0 Å². The zero-order valence-electron chi connectivity index (χ0n) is 12.5. The number of ether oxygens (including phenoxy) is 1. The van der Waals surface area contributed by atoms with Crippen LogP contribution in [0.25, 0.3) is 0 Å². The van der Waals surface area contributed by atoms with Crippen molar-refractivity contribution in [2.24, 2.45) is 0 Å². The molecule has 0 aromatic carbocycles. The van der Waals surface area contributed by atoms with Crippen molar-refractivity contribution in [1.82, 2.24) is 15.5 Å². The molecule has 1 saturated heterocycles. The van der Waals surface area contributed by atoms with Crippen LogP contribution in [0.5, 0.6) is 0 Å². The number of nitrogens with one attached hydrogen (secondary N) is 2. The van der Waals surface area contributed by atoms with Crippen molar-refractivity contribution < 1.29 is 14.3 Å². The number of amides is 2. The minimum absolute atomic E-state index is 0.159. The molecular weight excluding hydrogens is 246 g/mol. The van der Waals surface area contributed by atoms with Crippen molar-refractivity contribution in [2.75, 3.05) is 27.2 Å². The summed E-state index contributed by atoms with van der Waals surface area (Å²) in [5, 5.41) is 5.82. The predicted octanol–water partition coefficient (Wildman–Crippen LogP) is 0.721. The number of hydrogen-bond acceptors (Lipinski definition) is 4. The van der Waals surface area contributed by atoms with Gasteiger partial charge in [-0.25, -0.2) is 4.79 Å². The standard InChI is InChI=1S/C13H25N3O3/c1-12(2,3)19-11(18)16(5)13(10(17)14-4)7-6-8-15-9-13/h15H,6-9H2,1-5H3,(H,14,17). The molecule has 6 nitrogen and oxygen atoms in total. The van der Waals surface area contributed by atoms with Gasteiger partial charge in [0.15, 0.2) is 0 Å². The average molecular weight is 271 g/mol. The number of carbonyl (C=O) groups excluding carboxylic acids is 2. The fraction of sp³-hybridized carbons (Fsp3) is 0.846. The molecule has 19 heavy (non-hydrogen) atoms. The summed E-state index contributed by atoms with van der Waals surface area (Å²) in [5.74, 6) is -0.159. The molecular formula is C13H25N3O3. The van der Waals surface area contributed by atoms with Crippen LogP contribution >= 0.6 is 0 Å². The minimum atomic E-state index is -0.866. The van der Waals surface area contributed by atoms with Crippen molar-refractivity contribution in [3.05, 3.63) is 0 Å². The van der Waals surface area contributed by atoms with Gasteiger partial charge in [0.2, 0.25) is 5.91 Å². The number of rotatable bonds is 2. The van der Waals surface area contributed by atoms with E-state index < -0.39 is 17.2 Å². The molecule has 0 bridgehead atoms. The highest BCUT2D eigenvalue weighted by Gasteiger charge is 2.46. The molecule has 1 aliphatic rings. The Labute approximate surface area is 114 Å². The van der Waals surface area contributed by atoms with Gasteiger partial charge >= 0.3 is 6.09 Å². The quantitative estimate of drug-likeness (QED) is 0.776. The van der Waals surface area contributed by atoms with E-state index in [1.54, 1.807) is 14.1 Å². The summed E-state index contributed by atoms with van der Waals surface area (Å²) in [5.41, 5.74) is -1.44. The Morgan fingerprint density at radius 3 is 2.42 bits per heavy atom.